The number of carboxylic acids is 1. The molecule has 1 heterocycles. The van der Waals surface area contributed by atoms with Crippen molar-refractivity contribution in [3.05, 3.63) is 81.1 Å². The van der Waals surface area contributed by atoms with Crippen molar-refractivity contribution in [3.63, 3.8) is 0 Å². The number of benzene rings is 2. The van der Waals surface area contributed by atoms with Crippen LogP contribution < -0.4 is 14.8 Å². The highest BCUT2D eigenvalue weighted by molar-refractivity contribution is 6.41. The number of fused-ring (bicyclic) bond motifs is 1. The quantitative estimate of drug-likeness (QED) is 0.369. The zero-order valence-corrected chi connectivity index (χ0v) is 19.9. The lowest BCUT2D eigenvalue weighted by Crippen LogP contribution is -2.37. The van der Waals surface area contributed by atoms with Crippen LogP contribution in [-0.2, 0) is 12.8 Å². The number of aliphatic hydroxyl groups is 1. The van der Waals surface area contributed by atoms with Crippen molar-refractivity contribution in [1.29, 1.82) is 0 Å². The topological polar surface area (TPSA) is 101 Å². The molecule has 2 atom stereocenters. The van der Waals surface area contributed by atoms with E-state index in [0.29, 0.717) is 28.6 Å². The first-order valence-corrected chi connectivity index (χ1v) is 11.5. The Morgan fingerprint density at radius 3 is 2.68 bits per heavy atom. The average Bonchev–Trinajstić information content (AvgIpc) is 2.83. The van der Waals surface area contributed by atoms with E-state index < -0.39 is 12.1 Å². The van der Waals surface area contributed by atoms with Crippen LogP contribution in [0.3, 0.4) is 0 Å². The van der Waals surface area contributed by atoms with Crippen LogP contribution in [0.4, 0.5) is 0 Å². The number of hydrogen-bond acceptors (Lipinski definition) is 6. The molecule has 9 heteroatoms. The number of hydrogen-bond donors (Lipinski definition) is 3. The third-order valence-corrected chi connectivity index (χ3v) is 6.53. The Balaban J connectivity index is 1.41. The van der Waals surface area contributed by atoms with E-state index in [9.17, 15) is 15.0 Å². The summed E-state index contributed by atoms with van der Waals surface area (Å²) < 4.78 is 11.0. The Morgan fingerprint density at radius 2 is 1.94 bits per heavy atom. The van der Waals surface area contributed by atoms with Crippen LogP contribution in [0.15, 0.2) is 48.7 Å². The molecule has 0 radical (unpaired) electrons. The summed E-state index contributed by atoms with van der Waals surface area (Å²) in [5.41, 5.74) is 3.05. The molecular formula is C25H24Cl2N2O5. The zero-order valence-electron chi connectivity index (χ0n) is 18.4. The molecule has 0 amide bonds. The summed E-state index contributed by atoms with van der Waals surface area (Å²) in [5, 5.41) is 23.8. The van der Waals surface area contributed by atoms with Gasteiger partial charge in [0, 0.05) is 24.3 Å². The van der Waals surface area contributed by atoms with Crippen molar-refractivity contribution in [2.75, 3.05) is 13.7 Å². The maximum absolute atomic E-state index is 11.5. The van der Waals surface area contributed by atoms with Crippen molar-refractivity contribution in [1.82, 2.24) is 10.3 Å². The van der Waals surface area contributed by atoms with Crippen molar-refractivity contribution in [2.24, 2.45) is 0 Å². The molecule has 0 fully saturated rings. The molecule has 0 saturated heterocycles. The summed E-state index contributed by atoms with van der Waals surface area (Å²) in [6.07, 6.45) is 3.40. The summed E-state index contributed by atoms with van der Waals surface area (Å²) in [6, 6.07) is 12.4. The number of carboxylic acid groups (broad SMARTS) is 1. The first-order valence-electron chi connectivity index (χ1n) is 10.8. The molecule has 0 aliphatic heterocycles. The number of methoxy groups -OCH3 is 1. The Morgan fingerprint density at radius 1 is 1.18 bits per heavy atom. The van der Waals surface area contributed by atoms with Gasteiger partial charge in [0.2, 0.25) is 0 Å². The van der Waals surface area contributed by atoms with Gasteiger partial charge in [-0.05, 0) is 66.8 Å². The van der Waals surface area contributed by atoms with Gasteiger partial charge in [-0.1, -0.05) is 29.3 Å². The highest BCUT2D eigenvalue weighted by Gasteiger charge is 2.21. The second kappa shape index (κ2) is 10.6. The van der Waals surface area contributed by atoms with Gasteiger partial charge in [-0.25, -0.2) is 9.78 Å². The Labute approximate surface area is 207 Å². The van der Waals surface area contributed by atoms with E-state index >= 15 is 0 Å². The molecule has 3 N–H and O–H groups in total. The minimum Gasteiger partial charge on any atom is -0.496 e. The fraction of sp³-hybridized carbons (Fsp3) is 0.280. The Kier molecular flexibility index (Phi) is 7.58. The Hall–Kier alpha value is -2.84. The number of carbonyl (C=O) groups is 1. The number of halogens is 2. The van der Waals surface area contributed by atoms with Gasteiger partial charge in [-0.2, -0.15) is 0 Å². The van der Waals surface area contributed by atoms with Gasteiger partial charge in [-0.15, -0.1) is 0 Å². The number of aromatic carboxylic acids is 1. The molecule has 0 unspecified atom stereocenters. The van der Waals surface area contributed by atoms with E-state index in [4.69, 9.17) is 32.7 Å². The lowest BCUT2D eigenvalue weighted by atomic mass is 9.88. The molecule has 2 aromatic carbocycles. The summed E-state index contributed by atoms with van der Waals surface area (Å²) in [6.45, 7) is 0.361. The van der Waals surface area contributed by atoms with E-state index in [1.807, 2.05) is 18.2 Å². The van der Waals surface area contributed by atoms with Crippen molar-refractivity contribution in [2.45, 2.75) is 31.4 Å². The van der Waals surface area contributed by atoms with Gasteiger partial charge in [0.05, 0.1) is 18.2 Å². The van der Waals surface area contributed by atoms with Crippen LogP contribution in [0.5, 0.6) is 17.2 Å². The second-order valence-corrected chi connectivity index (χ2v) is 8.87. The average molecular weight is 503 g/mol. The molecule has 3 aromatic rings. The van der Waals surface area contributed by atoms with Crippen LogP contribution in [0.1, 0.15) is 39.6 Å². The van der Waals surface area contributed by atoms with E-state index in [2.05, 4.69) is 10.3 Å². The summed E-state index contributed by atoms with van der Waals surface area (Å²) >= 11 is 11.9. The molecule has 4 rings (SSSR count). The summed E-state index contributed by atoms with van der Waals surface area (Å²) in [4.78, 5) is 15.5. The smallest absolute Gasteiger partial charge is 0.339 e. The van der Waals surface area contributed by atoms with Crippen LogP contribution in [0.2, 0.25) is 10.2 Å². The van der Waals surface area contributed by atoms with Gasteiger partial charge in [0.25, 0.3) is 0 Å². The number of nitrogens with zero attached hydrogens (tertiary/aromatic N) is 1. The van der Waals surface area contributed by atoms with Gasteiger partial charge >= 0.3 is 5.97 Å². The molecule has 178 valence electrons. The normalized spacial score (nSPS) is 15.9. The molecule has 1 aromatic heterocycles. The highest BCUT2D eigenvalue weighted by Crippen LogP contribution is 2.31. The summed E-state index contributed by atoms with van der Waals surface area (Å²) in [7, 11) is 1.43. The predicted octanol–water partition coefficient (Wildman–Crippen LogP) is 5.07. The number of aromatic nitrogens is 1. The van der Waals surface area contributed by atoms with Crippen LogP contribution in [0.25, 0.3) is 0 Å². The maximum atomic E-state index is 11.5. The minimum absolute atomic E-state index is 0.0398. The van der Waals surface area contributed by atoms with Gasteiger partial charge in [-0.3, -0.25) is 0 Å². The fourth-order valence-corrected chi connectivity index (χ4v) is 4.32. The lowest BCUT2D eigenvalue weighted by molar-refractivity contribution is 0.0693. The third kappa shape index (κ3) is 5.62. The number of aryl methyl sites for hydroxylation is 1. The van der Waals surface area contributed by atoms with E-state index in [0.717, 1.165) is 24.8 Å². The monoisotopic (exact) mass is 502 g/mol. The molecule has 0 spiro atoms. The second-order valence-electron chi connectivity index (χ2n) is 8.10. The molecule has 34 heavy (non-hydrogen) atoms. The lowest BCUT2D eigenvalue weighted by Gasteiger charge is -2.27. The predicted molar refractivity (Wildman–Crippen MR) is 130 cm³/mol. The van der Waals surface area contributed by atoms with E-state index in [1.54, 1.807) is 18.2 Å². The number of pyridine rings is 1. The highest BCUT2D eigenvalue weighted by atomic mass is 35.5. The fourth-order valence-electron chi connectivity index (χ4n) is 4.04. The number of ether oxygens (including phenoxy) is 2. The van der Waals surface area contributed by atoms with Crippen LogP contribution >= 0.6 is 23.2 Å². The first-order chi connectivity index (χ1) is 16.3. The largest absolute Gasteiger partial charge is 0.496 e. The summed E-state index contributed by atoms with van der Waals surface area (Å²) in [5.74, 6) is 0.239. The number of aliphatic hydroxyl groups excluding tert-OH is 1. The van der Waals surface area contributed by atoms with Gasteiger partial charge < -0.3 is 25.0 Å². The minimum atomic E-state index is -1.08. The van der Waals surface area contributed by atoms with Crippen LogP contribution in [-0.4, -0.2) is 40.9 Å². The molecule has 1 aliphatic rings. The van der Waals surface area contributed by atoms with Gasteiger partial charge in [0.15, 0.2) is 0 Å². The maximum Gasteiger partial charge on any atom is 0.339 e. The van der Waals surface area contributed by atoms with E-state index in [1.165, 1.54) is 24.9 Å². The molecule has 0 saturated carbocycles. The van der Waals surface area contributed by atoms with E-state index in [-0.39, 0.29) is 22.5 Å². The van der Waals surface area contributed by atoms with Crippen molar-refractivity contribution in [3.8, 4) is 17.2 Å². The van der Waals surface area contributed by atoms with Crippen molar-refractivity contribution >= 4 is 29.2 Å². The first kappa shape index (κ1) is 24.3. The standard InChI is InChI=1S/C25H24Cl2N2O5/c1-33-23-7-6-19(11-20(23)25(31)32)34-18-5-3-14-2-4-17(8-15(14)9-18)28-13-22(30)16-10-21(26)24(27)29-12-16/h3,5-7,9-12,17,22,28,30H,2,4,8,13H2,1H3,(H,31,32)/t17-,22-/m0/s1. The third-order valence-electron chi connectivity index (χ3n) is 5.85. The SMILES string of the molecule is COc1ccc(Oc2ccc3c(c2)C[C@@H](NC[C@H](O)c2cnc(Cl)c(Cl)c2)CC3)cc1C(=O)O. The zero-order chi connectivity index (χ0) is 24.2. The van der Waals surface area contributed by atoms with Crippen LogP contribution in [0, 0.1) is 0 Å². The Bertz CT molecular complexity index is 1200. The molecule has 1 aliphatic carbocycles. The van der Waals surface area contributed by atoms with Crippen molar-refractivity contribution < 1.29 is 24.5 Å². The molecular weight excluding hydrogens is 479 g/mol. The number of rotatable bonds is 8. The number of nitrogens with one attached hydrogen (secondary N) is 1. The molecule has 0 bridgehead atoms. The van der Waals surface area contributed by atoms with Gasteiger partial charge in [0.1, 0.15) is 28.0 Å². The molecule has 7 nitrogen and oxygen atoms in total.